The quantitative estimate of drug-likeness (QED) is 0.538. The van der Waals surface area contributed by atoms with Crippen LogP contribution in [0.4, 0.5) is 11.4 Å². The third-order valence-electron chi connectivity index (χ3n) is 7.31. The second-order valence-corrected chi connectivity index (χ2v) is 9.13. The van der Waals surface area contributed by atoms with Gasteiger partial charge >= 0.3 is 0 Å². The van der Waals surface area contributed by atoms with Gasteiger partial charge < -0.3 is 9.80 Å². The second-order valence-electron chi connectivity index (χ2n) is 9.13. The molecule has 0 aromatic heterocycles. The lowest BCUT2D eigenvalue weighted by molar-refractivity contribution is -0.124. The van der Waals surface area contributed by atoms with Gasteiger partial charge in [0.05, 0.1) is 11.4 Å². The molecule has 0 N–H and O–H groups in total. The first kappa shape index (κ1) is 22.7. The zero-order chi connectivity index (χ0) is 24.9. The van der Waals surface area contributed by atoms with Crippen LogP contribution in [0.15, 0.2) is 72.8 Å². The summed E-state index contributed by atoms with van der Waals surface area (Å²) in [7, 11) is 3.26. The number of fused-ring (bicyclic) bond motifs is 2. The number of para-hydroxylation sites is 2. The Bertz CT molecular complexity index is 1280. The lowest BCUT2D eigenvalue weighted by Crippen LogP contribution is -2.52. The van der Waals surface area contributed by atoms with Gasteiger partial charge in [0.1, 0.15) is 11.8 Å². The van der Waals surface area contributed by atoms with Crippen molar-refractivity contribution in [1.82, 2.24) is 0 Å². The Labute approximate surface area is 204 Å². The van der Waals surface area contributed by atoms with Gasteiger partial charge in [-0.15, -0.1) is 0 Å². The van der Waals surface area contributed by atoms with Crippen molar-refractivity contribution < 1.29 is 19.2 Å². The van der Waals surface area contributed by atoms with Gasteiger partial charge in [-0.3, -0.25) is 19.2 Å². The number of aryl methyl sites for hydroxylation is 1. The van der Waals surface area contributed by atoms with Crippen molar-refractivity contribution in [3.8, 4) is 0 Å². The fourth-order valence-electron chi connectivity index (χ4n) is 5.35. The Morgan fingerprint density at radius 2 is 1.09 bits per heavy atom. The third-order valence-corrected chi connectivity index (χ3v) is 7.31. The number of rotatable bonds is 4. The number of Topliss-reactive ketones (excluding diaryl/α,β-unsaturated/α-hetero) is 2. The molecule has 2 heterocycles. The van der Waals surface area contributed by atoms with Crippen LogP contribution in [0.5, 0.6) is 0 Å². The molecule has 6 heteroatoms. The van der Waals surface area contributed by atoms with Crippen molar-refractivity contribution in [2.24, 2.45) is 11.8 Å². The summed E-state index contributed by atoms with van der Waals surface area (Å²) in [6.07, 6.45) is 0.819. The number of carbonyl (C=O) groups is 4. The first-order valence-corrected chi connectivity index (χ1v) is 11.8. The molecule has 2 aliphatic rings. The summed E-state index contributed by atoms with van der Waals surface area (Å²) < 4.78 is 0. The smallest absolute Gasteiger partial charge is 0.238 e. The molecule has 0 bridgehead atoms. The number of carbonyl (C=O) groups excluding carboxylic acids is 4. The van der Waals surface area contributed by atoms with E-state index in [1.807, 2.05) is 31.2 Å². The monoisotopic (exact) mass is 466 g/mol. The Hall–Kier alpha value is -4.06. The molecule has 0 radical (unpaired) electrons. The summed E-state index contributed by atoms with van der Waals surface area (Å²) in [5.41, 5.74) is 3.60. The highest BCUT2D eigenvalue weighted by atomic mass is 16.2. The molecule has 3 aromatic carbocycles. The number of ketones is 2. The molecule has 6 nitrogen and oxygen atoms in total. The van der Waals surface area contributed by atoms with Crippen molar-refractivity contribution in [3.63, 3.8) is 0 Å². The molecule has 0 unspecified atom stereocenters. The van der Waals surface area contributed by atoms with Crippen LogP contribution >= 0.6 is 0 Å². The summed E-state index contributed by atoms with van der Waals surface area (Å²) in [5, 5.41) is 0. The molecule has 0 aliphatic carbocycles. The first-order chi connectivity index (χ1) is 16.8. The van der Waals surface area contributed by atoms with Gasteiger partial charge in [-0.1, -0.05) is 55.5 Å². The van der Waals surface area contributed by atoms with Crippen LogP contribution < -0.4 is 9.80 Å². The maximum Gasteiger partial charge on any atom is 0.238 e. The van der Waals surface area contributed by atoms with E-state index in [1.54, 1.807) is 62.6 Å². The van der Waals surface area contributed by atoms with E-state index in [4.69, 9.17) is 0 Å². The van der Waals surface area contributed by atoms with E-state index in [2.05, 4.69) is 0 Å². The molecule has 0 saturated heterocycles. The van der Waals surface area contributed by atoms with Crippen LogP contribution in [-0.2, 0) is 16.0 Å². The predicted octanol–water partition coefficient (Wildman–Crippen LogP) is 4.28. The minimum absolute atomic E-state index is 0.365. The van der Waals surface area contributed by atoms with Crippen LogP contribution in [0.3, 0.4) is 0 Å². The Morgan fingerprint density at radius 3 is 1.51 bits per heavy atom. The summed E-state index contributed by atoms with van der Waals surface area (Å²) >= 11 is 0. The van der Waals surface area contributed by atoms with Crippen molar-refractivity contribution in [3.05, 3.63) is 95.1 Å². The minimum atomic E-state index is -1.20. The lowest BCUT2D eigenvalue weighted by atomic mass is 9.68. The molecule has 176 valence electrons. The molecular weight excluding hydrogens is 440 g/mol. The first-order valence-electron chi connectivity index (χ1n) is 11.8. The maximum absolute atomic E-state index is 13.8. The summed E-state index contributed by atoms with van der Waals surface area (Å²) in [5.74, 6) is -4.89. The molecular formula is C29H26N2O4. The maximum atomic E-state index is 13.8. The van der Waals surface area contributed by atoms with Gasteiger partial charge in [0.15, 0.2) is 11.6 Å². The number of anilines is 2. The highest BCUT2D eigenvalue weighted by Crippen LogP contribution is 2.45. The average molecular weight is 467 g/mol. The SMILES string of the molecule is CCc1ccc(C([C@H]2C(=O)c3ccccc3N(C)C2=O)[C@H]2C(=O)c3ccccc3N(C)C2=O)cc1. The number of hydrogen-bond donors (Lipinski definition) is 0. The van der Waals surface area contributed by atoms with Gasteiger partial charge in [0.2, 0.25) is 11.8 Å². The van der Waals surface area contributed by atoms with E-state index in [0.29, 0.717) is 28.1 Å². The van der Waals surface area contributed by atoms with E-state index in [0.717, 1.165) is 12.0 Å². The largest absolute Gasteiger partial charge is 0.314 e. The van der Waals surface area contributed by atoms with E-state index in [9.17, 15) is 19.2 Å². The van der Waals surface area contributed by atoms with Crippen molar-refractivity contribution >= 4 is 34.8 Å². The summed E-state index contributed by atoms with van der Waals surface area (Å²) in [6, 6.07) is 21.4. The van der Waals surface area contributed by atoms with Crippen molar-refractivity contribution in [2.45, 2.75) is 19.3 Å². The number of nitrogens with zero attached hydrogens (tertiary/aromatic N) is 2. The highest BCUT2D eigenvalue weighted by molar-refractivity contribution is 6.25. The molecule has 2 atom stereocenters. The molecule has 0 spiro atoms. The number of hydrogen-bond acceptors (Lipinski definition) is 4. The van der Waals surface area contributed by atoms with Crippen LogP contribution in [0.2, 0.25) is 0 Å². The zero-order valence-corrected chi connectivity index (χ0v) is 19.9. The summed E-state index contributed by atoms with van der Waals surface area (Å²) in [4.78, 5) is 57.9. The number of benzene rings is 3. The number of amides is 2. The highest BCUT2D eigenvalue weighted by Gasteiger charge is 2.52. The average Bonchev–Trinajstić information content (AvgIpc) is 2.90. The summed E-state index contributed by atoms with van der Waals surface area (Å²) in [6.45, 7) is 2.03. The van der Waals surface area contributed by atoms with Gasteiger partial charge in [0.25, 0.3) is 0 Å². The van der Waals surface area contributed by atoms with E-state index in [-0.39, 0.29) is 11.6 Å². The fourth-order valence-corrected chi connectivity index (χ4v) is 5.35. The van der Waals surface area contributed by atoms with Gasteiger partial charge in [-0.2, -0.15) is 0 Å². The molecule has 2 aliphatic heterocycles. The predicted molar refractivity (Wildman–Crippen MR) is 134 cm³/mol. The lowest BCUT2D eigenvalue weighted by Gasteiger charge is -2.40. The Balaban J connectivity index is 1.71. The molecule has 5 rings (SSSR count). The molecule has 3 aromatic rings. The zero-order valence-electron chi connectivity index (χ0n) is 19.9. The van der Waals surface area contributed by atoms with E-state index in [1.165, 1.54) is 9.80 Å². The van der Waals surface area contributed by atoms with Crippen molar-refractivity contribution in [2.75, 3.05) is 23.9 Å². The van der Waals surface area contributed by atoms with Crippen molar-refractivity contribution in [1.29, 1.82) is 0 Å². The van der Waals surface area contributed by atoms with Crippen LogP contribution in [-0.4, -0.2) is 37.5 Å². The standard InChI is InChI=1S/C29H26N2O4/c1-4-17-13-15-18(16-14-17)23(24-26(32)19-9-5-7-11-21(19)30(2)28(24)34)25-27(33)20-10-6-8-12-22(20)31(3)29(25)35/h5-16,23-25H,4H2,1-3H3/t24-,25-/m0/s1. The third kappa shape index (κ3) is 3.48. The van der Waals surface area contributed by atoms with E-state index < -0.39 is 29.6 Å². The van der Waals surface area contributed by atoms with Crippen LogP contribution in [0.1, 0.15) is 44.7 Å². The molecule has 35 heavy (non-hydrogen) atoms. The normalized spacial score (nSPS) is 19.8. The molecule has 0 saturated carbocycles. The molecule has 2 amide bonds. The minimum Gasteiger partial charge on any atom is -0.314 e. The van der Waals surface area contributed by atoms with Gasteiger partial charge in [-0.25, -0.2) is 0 Å². The Kier molecular flexibility index (Phi) is 5.59. The van der Waals surface area contributed by atoms with Crippen LogP contribution in [0.25, 0.3) is 0 Å². The van der Waals surface area contributed by atoms with Crippen LogP contribution in [0, 0.1) is 11.8 Å². The van der Waals surface area contributed by atoms with Gasteiger partial charge in [-0.05, 0) is 41.8 Å². The van der Waals surface area contributed by atoms with Gasteiger partial charge in [0, 0.05) is 31.1 Å². The second kappa shape index (κ2) is 8.62. The molecule has 0 fully saturated rings. The van der Waals surface area contributed by atoms with E-state index >= 15 is 0 Å². The topological polar surface area (TPSA) is 74.8 Å². The Morgan fingerprint density at radius 1 is 0.657 bits per heavy atom. The fraction of sp³-hybridized carbons (Fsp3) is 0.241.